The highest BCUT2D eigenvalue weighted by Crippen LogP contribution is 2.14. The van der Waals surface area contributed by atoms with Gasteiger partial charge in [0.25, 0.3) is 0 Å². The number of nitrogens with one attached hydrogen (secondary N) is 1. The molecular formula is C18H20N4S. The van der Waals surface area contributed by atoms with Crippen LogP contribution in [0.2, 0.25) is 0 Å². The summed E-state index contributed by atoms with van der Waals surface area (Å²) in [7, 11) is 0. The summed E-state index contributed by atoms with van der Waals surface area (Å²) in [5.41, 5.74) is 1.22. The topological polar surface area (TPSA) is 50.7 Å². The zero-order valence-corrected chi connectivity index (χ0v) is 14.0. The predicted molar refractivity (Wildman–Crippen MR) is 95.0 cm³/mol. The first-order valence-electron chi connectivity index (χ1n) is 7.87. The number of hydrogen-bond donors (Lipinski definition) is 1. The summed E-state index contributed by atoms with van der Waals surface area (Å²) in [5, 5.41) is 4.54. The van der Waals surface area contributed by atoms with Crippen molar-refractivity contribution < 1.29 is 0 Å². The third-order valence-corrected chi connectivity index (χ3v) is 4.71. The first kappa shape index (κ1) is 15.6. The van der Waals surface area contributed by atoms with Crippen LogP contribution in [-0.4, -0.2) is 21.5 Å². The first-order valence-corrected chi connectivity index (χ1v) is 8.68. The summed E-state index contributed by atoms with van der Waals surface area (Å²) in [5.74, 6) is 1.71. The molecule has 5 heteroatoms. The molecule has 3 rings (SSSR count). The molecule has 1 aromatic carbocycles. The monoisotopic (exact) mass is 324 g/mol. The van der Waals surface area contributed by atoms with E-state index in [9.17, 15) is 0 Å². The summed E-state index contributed by atoms with van der Waals surface area (Å²) in [4.78, 5) is 14.7. The van der Waals surface area contributed by atoms with Crippen molar-refractivity contribution in [2.45, 2.75) is 26.2 Å². The predicted octanol–water partition coefficient (Wildman–Crippen LogP) is 3.74. The molecule has 3 aromatic rings. The zero-order chi connectivity index (χ0) is 15.9. The lowest BCUT2D eigenvalue weighted by Gasteiger charge is -2.06. The van der Waals surface area contributed by atoms with Crippen molar-refractivity contribution in [3.8, 4) is 0 Å². The van der Waals surface area contributed by atoms with Crippen molar-refractivity contribution in [2.24, 2.45) is 0 Å². The molecule has 0 saturated carbocycles. The van der Waals surface area contributed by atoms with Gasteiger partial charge < -0.3 is 5.32 Å². The van der Waals surface area contributed by atoms with Crippen LogP contribution in [0.3, 0.4) is 0 Å². The van der Waals surface area contributed by atoms with Crippen LogP contribution < -0.4 is 5.32 Å². The second kappa shape index (κ2) is 7.83. The highest BCUT2D eigenvalue weighted by Gasteiger charge is 2.03. The second-order valence-corrected chi connectivity index (χ2v) is 6.47. The van der Waals surface area contributed by atoms with Gasteiger partial charge in [-0.3, -0.25) is 0 Å². The number of hydrogen-bond acceptors (Lipinski definition) is 5. The number of aromatic nitrogens is 3. The van der Waals surface area contributed by atoms with E-state index in [1.165, 1.54) is 15.4 Å². The number of nitrogens with zero attached hydrogens (tertiary/aromatic N) is 3. The highest BCUT2D eigenvalue weighted by atomic mass is 32.1. The van der Waals surface area contributed by atoms with Crippen LogP contribution in [0.25, 0.3) is 0 Å². The minimum atomic E-state index is 0.753. The van der Waals surface area contributed by atoms with Crippen molar-refractivity contribution in [3.63, 3.8) is 0 Å². The van der Waals surface area contributed by atoms with Gasteiger partial charge in [-0.25, -0.2) is 15.0 Å². The number of benzene rings is 1. The molecule has 2 aromatic heterocycles. The Labute approximate surface area is 140 Å². The molecule has 0 atom stereocenters. The standard InChI is InChI=1S/C18H20N4S/c1-2-15-13-21-18(23-15)9-11-19-16-8-10-20-17(22-16)12-14-6-4-3-5-7-14/h3-8,10,13H,2,9,11-12H2,1H3,(H,19,20,22). The van der Waals surface area contributed by atoms with Crippen LogP contribution in [0.5, 0.6) is 0 Å². The molecule has 1 N–H and O–H groups in total. The van der Waals surface area contributed by atoms with Gasteiger partial charge >= 0.3 is 0 Å². The van der Waals surface area contributed by atoms with Gasteiger partial charge in [-0.05, 0) is 18.1 Å². The Kier molecular flexibility index (Phi) is 5.32. The average Bonchev–Trinajstić information content (AvgIpc) is 3.04. The Morgan fingerprint density at radius 1 is 1.09 bits per heavy atom. The largest absolute Gasteiger partial charge is 0.370 e. The number of thiazole rings is 1. The maximum Gasteiger partial charge on any atom is 0.135 e. The Balaban J connectivity index is 1.55. The van der Waals surface area contributed by atoms with Crippen molar-refractivity contribution in [3.05, 3.63) is 70.1 Å². The van der Waals surface area contributed by atoms with Crippen LogP contribution in [0.1, 0.15) is 28.2 Å². The van der Waals surface area contributed by atoms with E-state index >= 15 is 0 Å². The molecule has 4 nitrogen and oxygen atoms in total. The number of anilines is 1. The molecule has 23 heavy (non-hydrogen) atoms. The molecule has 0 spiro atoms. The molecule has 0 aliphatic heterocycles. The van der Waals surface area contributed by atoms with E-state index in [2.05, 4.69) is 39.3 Å². The molecule has 118 valence electrons. The fourth-order valence-corrected chi connectivity index (χ4v) is 3.15. The van der Waals surface area contributed by atoms with E-state index in [1.54, 1.807) is 11.3 Å². The van der Waals surface area contributed by atoms with E-state index in [4.69, 9.17) is 0 Å². The summed E-state index contributed by atoms with van der Waals surface area (Å²) >= 11 is 1.79. The van der Waals surface area contributed by atoms with Gasteiger partial charge in [0.05, 0.1) is 5.01 Å². The van der Waals surface area contributed by atoms with E-state index in [0.717, 1.165) is 37.4 Å². The van der Waals surface area contributed by atoms with Crippen LogP contribution in [0, 0.1) is 0 Å². The van der Waals surface area contributed by atoms with Crippen LogP contribution in [-0.2, 0) is 19.3 Å². The second-order valence-electron chi connectivity index (χ2n) is 5.27. The summed E-state index contributed by atoms with van der Waals surface area (Å²) in [6.07, 6.45) is 6.51. The van der Waals surface area contributed by atoms with Gasteiger partial charge in [0.15, 0.2) is 0 Å². The molecule has 0 bridgehead atoms. The van der Waals surface area contributed by atoms with Gasteiger partial charge in [0, 0.05) is 36.7 Å². The van der Waals surface area contributed by atoms with E-state index in [0.29, 0.717) is 0 Å². The Morgan fingerprint density at radius 3 is 2.74 bits per heavy atom. The van der Waals surface area contributed by atoms with Gasteiger partial charge in [-0.1, -0.05) is 37.3 Å². The molecular weight excluding hydrogens is 304 g/mol. The maximum atomic E-state index is 4.58. The lowest BCUT2D eigenvalue weighted by Crippen LogP contribution is -2.08. The van der Waals surface area contributed by atoms with E-state index < -0.39 is 0 Å². The van der Waals surface area contributed by atoms with Gasteiger partial charge in [0.1, 0.15) is 11.6 Å². The van der Waals surface area contributed by atoms with Gasteiger partial charge in [0.2, 0.25) is 0 Å². The maximum absolute atomic E-state index is 4.58. The fourth-order valence-electron chi connectivity index (χ4n) is 2.29. The molecule has 0 aliphatic rings. The van der Waals surface area contributed by atoms with Gasteiger partial charge in [-0.15, -0.1) is 11.3 Å². The zero-order valence-electron chi connectivity index (χ0n) is 13.2. The van der Waals surface area contributed by atoms with Crippen molar-refractivity contribution in [2.75, 3.05) is 11.9 Å². The third kappa shape index (κ3) is 4.60. The Hall–Kier alpha value is -2.27. The summed E-state index contributed by atoms with van der Waals surface area (Å²) in [6.45, 7) is 2.99. The summed E-state index contributed by atoms with van der Waals surface area (Å²) < 4.78 is 0. The smallest absolute Gasteiger partial charge is 0.135 e. The average molecular weight is 324 g/mol. The SMILES string of the molecule is CCc1cnc(CCNc2ccnc(Cc3ccccc3)n2)s1. The van der Waals surface area contributed by atoms with Gasteiger partial charge in [-0.2, -0.15) is 0 Å². The lowest BCUT2D eigenvalue weighted by molar-refractivity contribution is 0.940. The molecule has 0 aliphatic carbocycles. The first-order chi connectivity index (χ1) is 11.3. The van der Waals surface area contributed by atoms with Crippen molar-refractivity contribution in [1.29, 1.82) is 0 Å². The van der Waals surface area contributed by atoms with E-state index in [-0.39, 0.29) is 0 Å². The quantitative estimate of drug-likeness (QED) is 0.719. The van der Waals surface area contributed by atoms with Crippen LogP contribution in [0.15, 0.2) is 48.8 Å². The lowest BCUT2D eigenvalue weighted by atomic mass is 10.1. The van der Waals surface area contributed by atoms with Crippen LogP contribution >= 0.6 is 11.3 Å². The Morgan fingerprint density at radius 2 is 1.96 bits per heavy atom. The molecule has 2 heterocycles. The fraction of sp³-hybridized carbons (Fsp3) is 0.278. The highest BCUT2D eigenvalue weighted by molar-refractivity contribution is 7.11. The normalized spacial score (nSPS) is 10.7. The van der Waals surface area contributed by atoms with Crippen molar-refractivity contribution >= 4 is 17.2 Å². The number of aryl methyl sites for hydroxylation is 1. The number of rotatable bonds is 7. The molecule has 0 radical (unpaired) electrons. The van der Waals surface area contributed by atoms with Crippen LogP contribution in [0.4, 0.5) is 5.82 Å². The molecule has 0 unspecified atom stereocenters. The summed E-state index contributed by atoms with van der Waals surface area (Å²) in [6, 6.07) is 12.2. The Bertz CT molecular complexity index is 740. The molecule has 0 saturated heterocycles. The minimum Gasteiger partial charge on any atom is -0.370 e. The van der Waals surface area contributed by atoms with E-state index in [1.807, 2.05) is 36.7 Å². The molecule has 0 amide bonds. The van der Waals surface area contributed by atoms with Crippen molar-refractivity contribution in [1.82, 2.24) is 15.0 Å². The molecule has 0 fully saturated rings. The third-order valence-electron chi connectivity index (χ3n) is 3.51. The minimum absolute atomic E-state index is 0.753.